The quantitative estimate of drug-likeness (QED) is 0.628. The van der Waals surface area contributed by atoms with Crippen LogP contribution in [0.25, 0.3) is 0 Å². The number of sulfonamides is 1. The number of hydrogen-bond acceptors (Lipinski definition) is 6. The Labute approximate surface area is 213 Å². The standard InChI is InChI=1S/C25H38FN3O6S/c1-16-6-7-18(14-21(16)26)22(34-19-8-10-20(11-9-19)36(27,32)33)23(30)28-12-13-29(17(2)15-28)24(31)35-25(3,4)5/h6-7,14,17,19-20,22H,8-13,15H2,1-5H3,(H2,27,32,33)/t17-,19?,20?,22?/m1/s1. The van der Waals surface area contributed by atoms with Gasteiger partial charge in [-0.1, -0.05) is 12.1 Å². The topological polar surface area (TPSA) is 119 Å². The number of carbonyl (C=O) groups excluding carboxylic acids is 2. The number of primary sulfonamides is 1. The van der Waals surface area contributed by atoms with Crippen molar-refractivity contribution in [2.45, 2.75) is 89.4 Å². The normalized spacial score (nSPS) is 24.4. The average molecular weight is 528 g/mol. The van der Waals surface area contributed by atoms with Crippen molar-refractivity contribution < 1.29 is 31.9 Å². The van der Waals surface area contributed by atoms with Gasteiger partial charge in [-0.25, -0.2) is 22.7 Å². The smallest absolute Gasteiger partial charge is 0.410 e. The van der Waals surface area contributed by atoms with E-state index in [1.807, 2.05) is 6.92 Å². The van der Waals surface area contributed by atoms with Crippen LogP contribution in [0, 0.1) is 12.7 Å². The lowest BCUT2D eigenvalue weighted by Crippen LogP contribution is -2.57. The van der Waals surface area contributed by atoms with Crippen molar-refractivity contribution in [2.24, 2.45) is 5.14 Å². The molecule has 2 amide bonds. The Morgan fingerprint density at radius 3 is 2.31 bits per heavy atom. The molecule has 1 aliphatic heterocycles. The largest absolute Gasteiger partial charge is 0.444 e. The Hall–Kier alpha value is -2.24. The molecule has 0 spiro atoms. The number of rotatable bonds is 5. The second kappa shape index (κ2) is 11.0. The molecule has 0 radical (unpaired) electrons. The van der Waals surface area contributed by atoms with Gasteiger partial charge in [0.2, 0.25) is 10.0 Å². The van der Waals surface area contributed by atoms with Crippen molar-refractivity contribution in [3.05, 3.63) is 35.1 Å². The first-order valence-electron chi connectivity index (χ1n) is 12.4. The first kappa shape index (κ1) is 28.3. The molecule has 0 aromatic heterocycles. The summed E-state index contributed by atoms with van der Waals surface area (Å²) in [5, 5.41) is 4.68. The molecule has 1 aromatic rings. The van der Waals surface area contributed by atoms with Gasteiger partial charge in [-0.15, -0.1) is 0 Å². The Kier molecular flexibility index (Phi) is 8.67. The summed E-state index contributed by atoms with van der Waals surface area (Å²) in [6.07, 6.45) is -0.277. The number of hydrogen-bond donors (Lipinski definition) is 1. The van der Waals surface area contributed by atoms with E-state index in [4.69, 9.17) is 14.6 Å². The number of ether oxygens (including phenoxy) is 2. The van der Waals surface area contributed by atoms with Crippen molar-refractivity contribution in [2.75, 3.05) is 19.6 Å². The van der Waals surface area contributed by atoms with Gasteiger partial charge in [-0.2, -0.15) is 0 Å². The number of nitrogens with zero attached hydrogens (tertiary/aromatic N) is 2. The summed E-state index contributed by atoms with van der Waals surface area (Å²) in [6.45, 7) is 9.76. The first-order chi connectivity index (χ1) is 16.7. The zero-order chi connectivity index (χ0) is 26.8. The van der Waals surface area contributed by atoms with E-state index in [2.05, 4.69) is 0 Å². The number of nitrogens with two attached hydrogens (primary N) is 1. The van der Waals surface area contributed by atoms with Crippen LogP contribution in [0.3, 0.4) is 0 Å². The number of benzene rings is 1. The summed E-state index contributed by atoms with van der Waals surface area (Å²) < 4.78 is 49.5. The van der Waals surface area contributed by atoms with Gasteiger partial charge < -0.3 is 19.3 Å². The van der Waals surface area contributed by atoms with E-state index in [-0.39, 0.29) is 31.1 Å². The Balaban J connectivity index is 1.75. The zero-order valence-electron chi connectivity index (χ0n) is 21.7. The highest BCUT2D eigenvalue weighted by Gasteiger charge is 2.38. The molecule has 2 aliphatic rings. The predicted octanol–water partition coefficient (Wildman–Crippen LogP) is 3.26. The number of halogens is 1. The molecule has 1 unspecified atom stereocenters. The minimum atomic E-state index is -3.63. The number of carbonyl (C=O) groups is 2. The van der Waals surface area contributed by atoms with E-state index in [9.17, 15) is 22.4 Å². The minimum Gasteiger partial charge on any atom is -0.444 e. The van der Waals surface area contributed by atoms with Crippen LogP contribution >= 0.6 is 0 Å². The lowest BCUT2D eigenvalue weighted by molar-refractivity contribution is -0.152. The van der Waals surface area contributed by atoms with Gasteiger partial charge in [0.05, 0.1) is 11.4 Å². The third-order valence-electron chi connectivity index (χ3n) is 6.70. The molecule has 3 rings (SSSR count). The Morgan fingerprint density at radius 2 is 1.78 bits per heavy atom. The van der Waals surface area contributed by atoms with E-state index < -0.39 is 38.9 Å². The molecule has 1 aliphatic carbocycles. The van der Waals surface area contributed by atoms with Crippen LogP contribution in [0.2, 0.25) is 0 Å². The summed E-state index contributed by atoms with van der Waals surface area (Å²) in [6, 6.07) is 4.32. The Bertz CT molecular complexity index is 1070. The minimum absolute atomic E-state index is 0.279. The number of piperazine rings is 1. The van der Waals surface area contributed by atoms with Gasteiger partial charge in [0.25, 0.3) is 5.91 Å². The average Bonchev–Trinajstić information content (AvgIpc) is 2.77. The van der Waals surface area contributed by atoms with E-state index >= 15 is 0 Å². The molecule has 202 valence electrons. The maximum Gasteiger partial charge on any atom is 0.410 e. The van der Waals surface area contributed by atoms with E-state index in [0.717, 1.165) is 0 Å². The van der Waals surface area contributed by atoms with E-state index in [1.54, 1.807) is 49.6 Å². The molecular formula is C25H38FN3O6S. The van der Waals surface area contributed by atoms with Gasteiger partial charge in [0.1, 0.15) is 11.4 Å². The van der Waals surface area contributed by atoms with E-state index in [0.29, 0.717) is 43.4 Å². The molecule has 1 saturated heterocycles. The lowest BCUT2D eigenvalue weighted by atomic mass is 9.96. The van der Waals surface area contributed by atoms with E-state index in [1.165, 1.54) is 6.07 Å². The highest BCUT2D eigenvalue weighted by molar-refractivity contribution is 7.89. The molecule has 36 heavy (non-hydrogen) atoms. The second-order valence-corrected chi connectivity index (χ2v) is 12.7. The molecule has 11 heteroatoms. The van der Waals surface area contributed by atoms with Crippen LogP contribution in [0.5, 0.6) is 0 Å². The number of aryl methyl sites for hydroxylation is 1. The third-order valence-corrected chi connectivity index (χ3v) is 8.11. The maximum absolute atomic E-state index is 14.4. The second-order valence-electron chi connectivity index (χ2n) is 10.8. The van der Waals surface area contributed by atoms with Crippen molar-refractivity contribution in [3.63, 3.8) is 0 Å². The molecule has 1 heterocycles. The van der Waals surface area contributed by atoms with Gasteiger partial charge in [-0.05, 0) is 77.5 Å². The monoisotopic (exact) mass is 527 g/mol. The van der Waals surface area contributed by atoms with Crippen molar-refractivity contribution in [3.8, 4) is 0 Å². The van der Waals surface area contributed by atoms with Gasteiger partial charge in [0.15, 0.2) is 6.10 Å². The van der Waals surface area contributed by atoms with Gasteiger partial charge in [0, 0.05) is 25.7 Å². The van der Waals surface area contributed by atoms with Gasteiger partial charge >= 0.3 is 6.09 Å². The van der Waals surface area contributed by atoms with Crippen LogP contribution in [-0.4, -0.2) is 72.8 Å². The zero-order valence-corrected chi connectivity index (χ0v) is 22.5. The summed E-state index contributed by atoms with van der Waals surface area (Å²) >= 11 is 0. The fourth-order valence-corrected chi connectivity index (χ4v) is 5.59. The Morgan fingerprint density at radius 1 is 1.14 bits per heavy atom. The lowest BCUT2D eigenvalue weighted by Gasteiger charge is -2.41. The summed E-state index contributed by atoms with van der Waals surface area (Å²) in [5.41, 5.74) is 0.234. The van der Waals surface area contributed by atoms with Gasteiger partial charge in [-0.3, -0.25) is 4.79 Å². The molecule has 2 N–H and O–H groups in total. The predicted molar refractivity (Wildman–Crippen MR) is 133 cm³/mol. The number of amides is 2. The fraction of sp³-hybridized carbons (Fsp3) is 0.680. The maximum atomic E-state index is 14.4. The molecule has 9 nitrogen and oxygen atoms in total. The van der Waals surface area contributed by atoms with Crippen molar-refractivity contribution in [1.82, 2.24) is 9.80 Å². The SMILES string of the molecule is Cc1ccc(C(OC2CCC(S(N)(=O)=O)CC2)C(=O)N2CCN(C(=O)OC(C)(C)C)[C@H](C)C2)cc1F. The van der Waals surface area contributed by atoms with Crippen molar-refractivity contribution in [1.29, 1.82) is 0 Å². The summed E-state index contributed by atoms with van der Waals surface area (Å²) in [5.74, 6) is -0.752. The van der Waals surface area contributed by atoms with Crippen LogP contribution in [0.4, 0.5) is 9.18 Å². The van der Waals surface area contributed by atoms with Crippen LogP contribution in [0.15, 0.2) is 18.2 Å². The van der Waals surface area contributed by atoms with Crippen molar-refractivity contribution >= 4 is 22.0 Å². The van der Waals surface area contributed by atoms with Crippen LogP contribution < -0.4 is 5.14 Å². The fourth-order valence-electron chi connectivity index (χ4n) is 4.66. The highest BCUT2D eigenvalue weighted by Crippen LogP contribution is 2.32. The van der Waals surface area contributed by atoms with Crippen LogP contribution in [-0.2, 0) is 24.3 Å². The van der Waals surface area contributed by atoms with Crippen LogP contribution in [0.1, 0.15) is 70.6 Å². The molecule has 2 atom stereocenters. The third kappa shape index (κ3) is 7.17. The molecule has 1 aromatic carbocycles. The molecule has 1 saturated carbocycles. The molecular weight excluding hydrogens is 489 g/mol. The summed E-state index contributed by atoms with van der Waals surface area (Å²) in [7, 11) is -3.63. The molecule has 0 bridgehead atoms. The first-order valence-corrected chi connectivity index (χ1v) is 14.0. The summed E-state index contributed by atoms with van der Waals surface area (Å²) in [4.78, 5) is 29.5. The molecule has 2 fully saturated rings. The highest BCUT2D eigenvalue weighted by atomic mass is 32.2.